The molecule has 0 unspecified atom stereocenters. The highest BCUT2D eigenvalue weighted by atomic mass is 16.7. The molecule has 0 bridgehead atoms. The Labute approximate surface area is 82.9 Å². The lowest BCUT2D eigenvalue weighted by atomic mass is 10.3. The van der Waals surface area contributed by atoms with Crippen molar-refractivity contribution >= 4 is 17.4 Å². The zero-order chi connectivity index (χ0) is 11.3. The number of para-hydroxylation sites is 2. The molecule has 15 heavy (non-hydrogen) atoms. The summed E-state index contributed by atoms with van der Waals surface area (Å²) in [5, 5.41) is 21.9. The maximum absolute atomic E-state index is 10.5. The van der Waals surface area contributed by atoms with Crippen molar-refractivity contribution in [3.63, 3.8) is 0 Å². The lowest BCUT2D eigenvalue weighted by molar-refractivity contribution is -0.484. The minimum Gasteiger partial charge on any atom is -0.258 e. The monoisotopic (exact) mass is 208 g/mol. The molecule has 0 aromatic heterocycles. The highest BCUT2D eigenvalue weighted by Crippen LogP contribution is 2.25. The topological polar surface area (TPSA) is 111 Å². The molecule has 0 spiro atoms. The molecule has 76 valence electrons. The average molecular weight is 208 g/mol. The molecule has 0 aliphatic rings. The van der Waals surface area contributed by atoms with Gasteiger partial charge in [0.25, 0.3) is 5.69 Å². The van der Waals surface area contributed by atoms with Gasteiger partial charge in [0.05, 0.1) is 4.92 Å². The predicted octanol–water partition coefficient (Wildman–Crippen LogP) is 1.59. The Morgan fingerprint density at radius 1 is 1.20 bits per heavy atom. The second kappa shape index (κ2) is 4.58. The van der Waals surface area contributed by atoms with Gasteiger partial charge in [-0.15, -0.1) is 0 Å². The Morgan fingerprint density at radius 3 is 2.47 bits per heavy atom. The number of hydrazone groups is 1. The van der Waals surface area contributed by atoms with Gasteiger partial charge in [0, 0.05) is 6.07 Å². The van der Waals surface area contributed by atoms with E-state index in [4.69, 9.17) is 0 Å². The van der Waals surface area contributed by atoms with Gasteiger partial charge in [-0.25, -0.2) is 10.1 Å². The highest BCUT2D eigenvalue weighted by molar-refractivity contribution is 5.62. The fourth-order valence-electron chi connectivity index (χ4n) is 0.826. The van der Waals surface area contributed by atoms with Crippen molar-refractivity contribution in [2.75, 3.05) is 0 Å². The van der Waals surface area contributed by atoms with Crippen LogP contribution in [0.2, 0.25) is 0 Å². The third kappa shape index (κ3) is 2.98. The van der Waals surface area contributed by atoms with E-state index in [0.29, 0.717) is 0 Å². The summed E-state index contributed by atoms with van der Waals surface area (Å²) in [5.74, 6) is 0. The Balaban J connectivity index is 3.10. The highest BCUT2D eigenvalue weighted by Gasteiger charge is 2.10. The molecule has 0 saturated carbocycles. The smallest absolute Gasteiger partial charge is 0.258 e. The molecule has 0 N–H and O–H groups in total. The fraction of sp³-hybridized carbons (Fsp3) is 0. The van der Waals surface area contributed by atoms with Crippen LogP contribution in [0.15, 0.2) is 34.4 Å². The number of hydrogen-bond acceptors (Lipinski definition) is 5. The van der Waals surface area contributed by atoms with Crippen molar-refractivity contribution in [3.05, 3.63) is 44.5 Å². The Morgan fingerprint density at radius 2 is 1.87 bits per heavy atom. The van der Waals surface area contributed by atoms with Gasteiger partial charge in [-0.05, 0) is 6.07 Å². The van der Waals surface area contributed by atoms with E-state index in [9.17, 15) is 20.2 Å². The number of nitro groups is 2. The third-order valence-corrected chi connectivity index (χ3v) is 1.38. The molecule has 0 atom stereocenters. The van der Waals surface area contributed by atoms with Crippen LogP contribution in [0.25, 0.3) is 0 Å². The number of benzene rings is 1. The number of rotatable bonds is 3. The van der Waals surface area contributed by atoms with Gasteiger partial charge in [-0.1, -0.05) is 12.1 Å². The van der Waals surface area contributed by atoms with Gasteiger partial charge in [0.2, 0.25) is 5.03 Å². The van der Waals surface area contributed by atoms with E-state index < -0.39 is 9.96 Å². The van der Waals surface area contributed by atoms with E-state index >= 15 is 0 Å². The first-order chi connectivity index (χ1) is 7.11. The van der Waals surface area contributed by atoms with Crippen molar-refractivity contribution < 1.29 is 9.96 Å². The van der Waals surface area contributed by atoms with Crippen molar-refractivity contribution in [1.29, 1.82) is 0 Å². The summed E-state index contributed by atoms with van der Waals surface area (Å²) in [7, 11) is 0. The van der Waals surface area contributed by atoms with Crippen LogP contribution in [0, 0.1) is 20.2 Å². The summed E-state index contributed by atoms with van der Waals surface area (Å²) in [6, 6.07) is 7.28. The molecule has 0 radical (unpaired) electrons. The number of nitrogens with zero attached hydrogens (tertiary/aromatic N) is 4. The van der Waals surface area contributed by atoms with E-state index in [2.05, 4.69) is 10.1 Å². The Kier molecular flexibility index (Phi) is 3.20. The number of nitro benzene ring substituents is 1. The summed E-state index contributed by atoms with van der Waals surface area (Å²) < 4.78 is 0. The van der Waals surface area contributed by atoms with Crippen LogP contribution < -0.4 is 0 Å². The molecule has 8 heteroatoms. The molecule has 0 aliphatic heterocycles. The minimum atomic E-state index is -1.00. The molecule has 0 heterocycles. The normalized spacial score (nSPS) is 8.80. The SMILES string of the molecule is O=[N+]([O-])N=C=Nc1ccccc1[N+](=O)[O-]. The summed E-state index contributed by atoms with van der Waals surface area (Å²) in [6.07, 6.45) is 0. The van der Waals surface area contributed by atoms with Crippen LogP contribution in [-0.2, 0) is 0 Å². The van der Waals surface area contributed by atoms with Gasteiger partial charge >= 0.3 is 0 Å². The molecule has 1 aromatic rings. The van der Waals surface area contributed by atoms with Crippen molar-refractivity contribution in [3.8, 4) is 0 Å². The molecule has 8 nitrogen and oxygen atoms in total. The molecule has 0 amide bonds. The maximum Gasteiger partial charge on any atom is 0.295 e. The largest absolute Gasteiger partial charge is 0.295 e. The second-order valence-electron chi connectivity index (χ2n) is 2.30. The summed E-state index contributed by atoms with van der Waals surface area (Å²) in [4.78, 5) is 23.0. The van der Waals surface area contributed by atoms with Crippen LogP contribution in [0.4, 0.5) is 11.4 Å². The standard InChI is InChI=1S/C7H4N4O4/c12-10(13)7-4-2-1-3-6(7)8-5-9-11(14)15/h1-4H. The first-order valence-corrected chi connectivity index (χ1v) is 3.65. The molecular weight excluding hydrogens is 204 g/mol. The first kappa shape index (κ1) is 10.5. The van der Waals surface area contributed by atoms with Crippen molar-refractivity contribution in [2.24, 2.45) is 10.1 Å². The average Bonchev–Trinajstić information content (AvgIpc) is 2.17. The van der Waals surface area contributed by atoms with Crippen LogP contribution in [-0.4, -0.2) is 16.0 Å². The number of aliphatic imine (C=N–C) groups is 1. The van der Waals surface area contributed by atoms with E-state index in [-0.39, 0.29) is 11.4 Å². The Hall–Kier alpha value is -2.60. The number of hydrogen-bond donors (Lipinski definition) is 0. The molecule has 0 saturated heterocycles. The van der Waals surface area contributed by atoms with Gasteiger partial charge in [-0.2, -0.15) is 4.99 Å². The summed E-state index contributed by atoms with van der Waals surface area (Å²) in [6.45, 7) is 0. The van der Waals surface area contributed by atoms with Gasteiger partial charge in [-0.3, -0.25) is 10.1 Å². The minimum absolute atomic E-state index is 0.0342. The second-order valence-corrected chi connectivity index (χ2v) is 2.30. The first-order valence-electron chi connectivity index (χ1n) is 3.65. The maximum atomic E-state index is 10.5. The summed E-state index contributed by atoms with van der Waals surface area (Å²) >= 11 is 0. The van der Waals surface area contributed by atoms with Crippen LogP contribution >= 0.6 is 0 Å². The fourth-order valence-corrected chi connectivity index (χ4v) is 0.826. The van der Waals surface area contributed by atoms with E-state index in [1.807, 2.05) is 0 Å². The van der Waals surface area contributed by atoms with Crippen LogP contribution in [0.5, 0.6) is 0 Å². The molecule has 0 aliphatic carbocycles. The molecule has 1 aromatic carbocycles. The zero-order valence-electron chi connectivity index (χ0n) is 7.23. The third-order valence-electron chi connectivity index (χ3n) is 1.38. The molecule has 1 rings (SSSR count). The Bertz CT molecular complexity index is 464. The van der Waals surface area contributed by atoms with Gasteiger partial charge < -0.3 is 0 Å². The van der Waals surface area contributed by atoms with Crippen molar-refractivity contribution in [1.82, 2.24) is 0 Å². The summed E-state index contributed by atoms with van der Waals surface area (Å²) in [5.41, 5.74) is -0.295. The van der Waals surface area contributed by atoms with Crippen molar-refractivity contribution in [2.45, 2.75) is 0 Å². The van der Waals surface area contributed by atoms with E-state index in [1.165, 1.54) is 24.3 Å². The lowest BCUT2D eigenvalue weighted by Crippen LogP contribution is -1.87. The van der Waals surface area contributed by atoms with E-state index in [0.717, 1.165) is 0 Å². The van der Waals surface area contributed by atoms with Gasteiger partial charge in [0.1, 0.15) is 5.10 Å². The van der Waals surface area contributed by atoms with Crippen LogP contribution in [0.1, 0.15) is 0 Å². The van der Waals surface area contributed by atoms with E-state index in [1.54, 1.807) is 6.01 Å². The lowest BCUT2D eigenvalue weighted by Gasteiger charge is -1.92. The predicted molar refractivity (Wildman–Crippen MR) is 49.6 cm³/mol. The van der Waals surface area contributed by atoms with Gasteiger partial charge in [0.15, 0.2) is 11.7 Å². The zero-order valence-corrected chi connectivity index (χ0v) is 7.23. The van der Waals surface area contributed by atoms with Crippen LogP contribution in [0.3, 0.4) is 0 Å². The molecular formula is C7H4N4O4. The quantitative estimate of drug-likeness (QED) is 0.426. The molecule has 0 fully saturated rings.